The molecule has 148 valence electrons. The van der Waals surface area contributed by atoms with Crippen molar-refractivity contribution in [3.8, 4) is 0 Å². The highest BCUT2D eigenvalue weighted by Crippen LogP contribution is 2.30. The van der Waals surface area contributed by atoms with Crippen molar-refractivity contribution in [3.05, 3.63) is 23.8 Å². The largest absolute Gasteiger partial charge is 0.339 e. The summed E-state index contributed by atoms with van der Waals surface area (Å²) in [5, 5.41) is 2.79. The van der Waals surface area contributed by atoms with Gasteiger partial charge in [0, 0.05) is 38.8 Å². The van der Waals surface area contributed by atoms with Crippen molar-refractivity contribution in [3.63, 3.8) is 0 Å². The van der Waals surface area contributed by atoms with Crippen LogP contribution in [0.4, 0.5) is 5.69 Å². The van der Waals surface area contributed by atoms with Crippen molar-refractivity contribution in [2.75, 3.05) is 26.0 Å². The Bertz CT molecular complexity index is 845. The van der Waals surface area contributed by atoms with Crippen molar-refractivity contribution in [1.29, 1.82) is 0 Å². The zero-order valence-electron chi connectivity index (χ0n) is 16.1. The number of nitrogens with zero attached hydrogens (tertiary/aromatic N) is 2. The number of rotatable bonds is 5. The summed E-state index contributed by atoms with van der Waals surface area (Å²) in [6, 6.07) is 5.12. The second-order valence-electron chi connectivity index (χ2n) is 7.64. The number of anilines is 1. The van der Waals surface area contributed by atoms with E-state index in [2.05, 4.69) is 5.32 Å². The molecule has 3 rings (SSSR count). The van der Waals surface area contributed by atoms with Crippen LogP contribution in [-0.4, -0.2) is 56.1 Å². The third-order valence-corrected chi connectivity index (χ3v) is 7.47. The van der Waals surface area contributed by atoms with Gasteiger partial charge in [0.2, 0.25) is 21.8 Å². The Morgan fingerprint density at radius 3 is 2.52 bits per heavy atom. The minimum atomic E-state index is -3.59. The highest BCUT2D eigenvalue weighted by molar-refractivity contribution is 7.89. The van der Waals surface area contributed by atoms with Gasteiger partial charge >= 0.3 is 0 Å². The summed E-state index contributed by atoms with van der Waals surface area (Å²) in [5.41, 5.74) is 1.04. The molecule has 1 saturated heterocycles. The van der Waals surface area contributed by atoms with Gasteiger partial charge in [-0.15, -0.1) is 0 Å². The summed E-state index contributed by atoms with van der Waals surface area (Å²) in [7, 11) is -0.646. The van der Waals surface area contributed by atoms with Gasteiger partial charge in [-0.1, -0.05) is 18.9 Å². The van der Waals surface area contributed by atoms with Crippen LogP contribution >= 0.6 is 0 Å². The fourth-order valence-corrected chi connectivity index (χ4v) is 5.02. The minimum Gasteiger partial charge on any atom is -0.339 e. The van der Waals surface area contributed by atoms with Crippen LogP contribution in [0, 0.1) is 12.8 Å². The van der Waals surface area contributed by atoms with Crippen LogP contribution in [0.25, 0.3) is 0 Å². The van der Waals surface area contributed by atoms with Crippen LogP contribution in [0.15, 0.2) is 23.1 Å². The number of carbonyl (C=O) groups excluding carboxylic acids is 2. The Hall–Kier alpha value is -1.93. The van der Waals surface area contributed by atoms with Crippen LogP contribution in [0.3, 0.4) is 0 Å². The molecule has 27 heavy (non-hydrogen) atoms. The fraction of sp³-hybridized carbons (Fsp3) is 0.579. The molecule has 2 fully saturated rings. The SMILES string of the molecule is Cc1ccc(NC(=O)[C@@H]2CC(=O)N(C3CCCC3)C2)cc1S(=O)(=O)N(C)C. The van der Waals surface area contributed by atoms with E-state index in [0.29, 0.717) is 17.8 Å². The molecule has 1 aliphatic carbocycles. The minimum absolute atomic E-state index is 0.0434. The first-order valence-electron chi connectivity index (χ1n) is 9.33. The van der Waals surface area contributed by atoms with E-state index in [1.54, 1.807) is 19.1 Å². The maximum absolute atomic E-state index is 12.7. The summed E-state index contributed by atoms with van der Waals surface area (Å²) in [6.07, 6.45) is 4.53. The lowest BCUT2D eigenvalue weighted by atomic mass is 10.1. The quantitative estimate of drug-likeness (QED) is 0.829. The van der Waals surface area contributed by atoms with Gasteiger partial charge in [-0.05, 0) is 37.5 Å². The molecule has 1 heterocycles. The van der Waals surface area contributed by atoms with E-state index in [4.69, 9.17) is 0 Å². The topological polar surface area (TPSA) is 86.8 Å². The summed E-state index contributed by atoms with van der Waals surface area (Å²) < 4.78 is 26.0. The molecular weight excluding hydrogens is 366 g/mol. The predicted molar refractivity (Wildman–Crippen MR) is 103 cm³/mol. The maximum Gasteiger partial charge on any atom is 0.242 e. The molecule has 0 radical (unpaired) electrons. The molecule has 0 unspecified atom stereocenters. The average molecular weight is 394 g/mol. The standard InChI is InChI=1S/C19H27N3O4S/c1-13-8-9-15(11-17(13)27(25,26)21(2)3)20-19(24)14-10-18(23)22(12-14)16-6-4-5-7-16/h8-9,11,14,16H,4-7,10,12H2,1-3H3,(H,20,24)/t14-/m1/s1. The van der Waals surface area contributed by atoms with Gasteiger partial charge in [0.05, 0.1) is 10.8 Å². The number of nitrogens with one attached hydrogen (secondary N) is 1. The average Bonchev–Trinajstić information content (AvgIpc) is 3.25. The lowest BCUT2D eigenvalue weighted by Gasteiger charge is -2.23. The number of carbonyl (C=O) groups is 2. The molecule has 8 heteroatoms. The summed E-state index contributed by atoms with van der Waals surface area (Å²) in [6.45, 7) is 2.17. The van der Waals surface area contributed by atoms with E-state index in [-0.39, 0.29) is 29.2 Å². The fourth-order valence-electron chi connectivity index (χ4n) is 3.87. The number of likely N-dealkylation sites (tertiary alicyclic amines) is 1. The molecule has 1 atom stereocenters. The van der Waals surface area contributed by atoms with Crippen LogP contribution in [0.2, 0.25) is 0 Å². The Morgan fingerprint density at radius 2 is 1.89 bits per heavy atom. The first-order valence-corrected chi connectivity index (χ1v) is 10.8. The van der Waals surface area contributed by atoms with Crippen LogP contribution in [0.5, 0.6) is 0 Å². The third kappa shape index (κ3) is 4.01. The number of amides is 2. The van der Waals surface area contributed by atoms with E-state index < -0.39 is 15.9 Å². The maximum atomic E-state index is 12.7. The van der Waals surface area contributed by atoms with E-state index in [1.165, 1.54) is 20.2 Å². The molecule has 0 spiro atoms. The number of sulfonamides is 1. The highest BCUT2D eigenvalue weighted by atomic mass is 32.2. The monoisotopic (exact) mass is 393 g/mol. The first-order chi connectivity index (χ1) is 12.7. The number of hydrogen-bond donors (Lipinski definition) is 1. The van der Waals surface area contributed by atoms with Crippen LogP contribution in [-0.2, 0) is 19.6 Å². The second kappa shape index (κ2) is 7.59. The molecule has 1 aliphatic heterocycles. The molecule has 0 aromatic heterocycles. The smallest absolute Gasteiger partial charge is 0.242 e. The highest BCUT2D eigenvalue weighted by Gasteiger charge is 2.38. The lowest BCUT2D eigenvalue weighted by molar-refractivity contribution is -0.129. The molecule has 0 bridgehead atoms. The summed E-state index contributed by atoms with van der Waals surface area (Å²) in [5.74, 6) is -0.587. The van der Waals surface area contributed by atoms with E-state index >= 15 is 0 Å². The molecule has 1 aromatic carbocycles. The molecule has 1 N–H and O–H groups in total. The van der Waals surface area contributed by atoms with E-state index in [1.807, 2.05) is 4.90 Å². The zero-order valence-corrected chi connectivity index (χ0v) is 16.9. The number of hydrogen-bond acceptors (Lipinski definition) is 4. The molecule has 2 amide bonds. The van der Waals surface area contributed by atoms with Gasteiger partial charge in [0.25, 0.3) is 0 Å². The van der Waals surface area contributed by atoms with Crippen molar-refractivity contribution in [2.24, 2.45) is 5.92 Å². The van der Waals surface area contributed by atoms with Gasteiger partial charge in [0.15, 0.2) is 0 Å². The van der Waals surface area contributed by atoms with Gasteiger partial charge in [-0.25, -0.2) is 12.7 Å². The molecular formula is C19H27N3O4S. The Labute approximate surface area is 160 Å². The molecule has 2 aliphatic rings. The third-order valence-electron chi connectivity index (χ3n) is 5.51. The van der Waals surface area contributed by atoms with E-state index in [9.17, 15) is 18.0 Å². The summed E-state index contributed by atoms with van der Waals surface area (Å²) in [4.78, 5) is 27.0. The molecule has 1 saturated carbocycles. The Morgan fingerprint density at radius 1 is 1.22 bits per heavy atom. The van der Waals surface area contributed by atoms with Crippen molar-refractivity contribution >= 4 is 27.5 Å². The lowest BCUT2D eigenvalue weighted by Crippen LogP contribution is -2.35. The van der Waals surface area contributed by atoms with Gasteiger partial charge in [-0.2, -0.15) is 0 Å². The molecule has 1 aromatic rings. The number of aryl methyl sites for hydroxylation is 1. The van der Waals surface area contributed by atoms with Crippen molar-refractivity contribution < 1.29 is 18.0 Å². The van der Waals surface area contributed by atoms with Crippen molar-refractivity contribution in [2.45, 2.75) is 50.0 Å². The van der Waals surface area contributed by atoms with Gasteiger partial charge in [0.1, 0.15) is 0 Å². The Balaban J connectivity index is 1.72. The van der Waals surface area contributed by atoms with Crippen LogP contribution < -0.4 is 5.32 Å². The second-order valence-corrected chi connectivity index (χ2v) is 9.76. The first kappa shape index (κ1) is 19.8. The van der Waals surface area contributed by atoms with Gasteiger partial charge < -0.3 is 10.2 Å². The van der Waals surface area contributed by atoms with E-state index in [0.717, 1.165) is 30.0 Å². The zero-order chi connectivity index (χ0) is 19.8. The Kier molecular flexibility index (Phi) is 5.58. The van der Waals surface area contributed by atoms with Crippen LogP contribution in [0.1, 0.15) is 37.7 Å². The molecule has 7 nitrogen and oxygen atoms in total. The van der Waals surface area contributed by atoms with Crippen molar-refractivity contribution in [1.82, 2.24) is 9.21 Å². The summed E-state index contributed by atoms with van der Waals surface area (Å²) >= 11 is 0. The number of benzene rings is 1. The normalized spacial score (nSPS) is 21.3. The predicted octanol–water partition coefficient (Wildman–Crippen LogP) is 1.97. The van der Waals surface area contributed by atoms with Gasteiger partial charge in [-0.3, -0.25) is 9.59 Å².